The second-order valence-electron chi connectivity index (χ2n) is 5.80. The van der Waals surface area contributed by atoms with Crippen LogP contribution in [0.3, 0.4) is 0 Å². The molecule has 6 N–H and O–H groups in total. The van der Waals surface area contributed by atoms with Crippen LogP contribution < -0.4 is 15.2 Å². The van der Waals surface area contributed by atoms with Crippen molar-refractivity contribution < 1.29 is 40.8 Å². The second-order valence-corrected chi connectivity index (χ2v) is 9.04. The van der Waals surface area contributed by atoms with Crippen molar-refractivity contribution in [2.24, 2.45) is 5.73 Å². The lowest BCUT2D eigenvalue weighted by molar-refractivity contribution is -0.135. The second kappa shape index (κ2) is 10.6. The van der Waals surface area contributed by atoms with E-state index in [0.29, 0.717) is 11.8 Å². The van der Waals surface area contributed by atoms with Crippen LogP contribution in [0.2, 0.25) is 0 Å². The van der Waals surface area contributed by atoms with Crippen LogP contribution in [0.4, 0.5) is 0 Å². The van der Waals surface area contributed by atoms with Crippen molar-refractivity contribution in [2.75, 3.05) is 12.8 Å². The van der Waals surface area contributed by atoms with Crippen LogP contribution in [0.1, 0.15) is 15.9 Å². The molecule has 2 rings (SSSR count). The highest BCUT2D eigenvalue weighted by Gasteiger charge is 2.16. The van der Waals surface area contributed by atoms with Crippen LogP contribution in [0.25, 0.3) is 0 Å². The molecule has 0 spiro atoms. The molecule has 0 aliphatic carbocycles. The molecule has 0 aliphatic heterocycles. The number of amidine groups is 1. The quantitative estimate of drug-likeness (QED) is 0.120. The van der Waals surface area contributed by atoms with E-state index >= 15 is 0 Å². The number of esters is 1. The van der Waals surface area contributed by atoms with E-state index < -0.39 is 38.6 Å². The Morgan fingerprint density at radius 2 is 1.45 bits per heavy atom. The lowest BCUT2D eigenvalue weighted by atomic mass is 10.1. The monoisotopic (exact) mass is 473 g/mol. The molecule has 0 fully saturated rings. The van der Waals surface area contributed by atoms with Crippen LogP contribution in [0.5, 0.6) is 5.75 Å². The summed E-state index contributed by atoms with van der Waals surface area (Å²) in [7, 11) is -7.64. The Morgan fingerprint density at radius 3 is 1.87 bits per heavy atom. The number of sulfonamides is 1. The zero-order valence-electron chi connectivity index (χ0n) is 16.0. The van der Waals surface area contributed by atoms with Crippen molar-refractivity contribution in [3.05, 3.63) is 59.7 Å². The van der Waals surface area contributed by atoms with Gasteiger partial charge in [0.1, 0.15) is 18.1 Å². The molecule has 0 radical (unpaired) electrons. The number of hydrogen-bond acceptors (Lipinski definition) is 8. The summed E-state index contributed by atoms with van der Waals surface area (Å²) < 4.78 is 56.7. The maximum Gasteiger partial charge on any atom is 0.343 e. The van der Waals surface area contributed by atoms with Crippen LogP contribution >= 0.6 is 0 Å². The molecule has 0 bridgehead atoms. The number of ether oxygens (including phenoxy) is 1. The summed E-state index contributed by atoms with van der Waals surface area (Å²) in [4.78, 5) is 22.3. The van der Waals surface area contributed by atoms with E-state index in [0.717, 1.165) is 0 Å². The Morgan fingerprint density at radius 1 is 1.00 bits per heavy atom. The van der Waals surface area contributed by atoms with Crippen LogP contribution in [-0.2, 0) is 24.9 Å². The molecule has 0 saturated carbocycles. The number of rotatable bonds is 7. The Kier molecular flexibility index (Phi) is 8.81. The van der Waals surface area contributed by atoms with Gasteiger partial charge in [-0.3, -0.25) is 14.8 Å². The number of carbonyl (C=O) groups is 2. The molecule has 0 saturated heterocycles. The van der Waals surface area contributed by atoms with Gasteiger partial charge in [-0.25, -0.2) is 13.2 Å². The molecule has 168 valence electrons. The summed E-state index contributed by atoms with van der Waals surface area (Å²) in [5.74, 6) is -1.99. The number of hydrogen-bond donors (Lipinski definition) is 5. The summed E-state index contributed by atoms with van der Waals surface area (Å²) >= 11 is 0. The topological polar surface area (TPSA) is 214 Å². The van der Waals surface area contributed by atoms with E-state index in [9.17, 15) is 26.4 Å². The standard InChI is InChI=1S/C16H15N3O6S.CH4O3S/c17-15(18)10-1-3-11(4-2-10)16(22)25-12-5-7-13(8-6-12)26(23,24)19-9-14(20)21;1-5(2,3)4/h1-8,19H,9H2,(H3,17,18)(H,20,21);1H3,(H,2,3,4). The molecule has 0 atom stereocenters. The fourth-order valence-corrected chi connectivity index (χ4v) is 2.85. The van der Waals surface area contributed by atoms with Crippen molar-refractivity contribution in [1.82, 2.24) is 4.72 Å². The van der Waals surface area contributed by atoms with Crippen LogP contribution in [-0.4, -0.2) is 57.1 Å². The van der Waals surface area contributed by atoms with Gasteiger partial charge in [0.25, 0.3) is 10.1 Å². The van der Waals surface area contributed by atoms with E-state index in [2.05, 4.69) is 0 Å². The molecule has 2 aromatic rings. The molecule has 0 amide bonds. The minimum Gasteiger partial charge on any atom is -0.480 e. The number of aliphatic carboxylic acids is 1. The number of nitrogen functional groups attached to an aromatic ring is 1. The predicted molar refractivity (Wildman–Crippen MR) is 109 cm³/mol. The summed E-state index contributed by atoms with van der Waals surface area (Å²) in [6, 6.07) is 10.8. The fraction of sp³-hybridized carbons (Fsp3) is 0.118. The SMILES string of the molecule is CS(=O)(=O)O.N=C(N)c1ccc(C(=O)Oc2ccc(S(=O)(=O)NCC(=O)O)cc2)cc1. The number of nitrogens with one attached hydrogen (secondary N) is 2. The number of carbonyl (C=O) groups excluding carboxylic acids is 1. The molecular weight excluding hydrogens is 454 g/mol. The highest BCUT2D eigenvalue weighted by atomic mass is 32.2. The molecule has 31 heavy (non-hydrogen) atoms. The zero-order valence-corrected chi connectivity index (χ0v) is 17.6. The van der Waals surface area contributed by atoms with E-state index in [1.54, 1.807) is 0 Å². The van der Waals surface area contributed by atoms with Gasteiger partial charge in [-0.15, -0.1) is 0 Å². The first-order chi connectivity index (χ1) is 14.2. The molecular formula is C17H19N3O9S2. The first kappa shape index (κ1) is 25.7. The molecule has 0 aliphatic rings. The third-order valence-electron chi connectivity index (χ3n) is 3.19. The normalized spacial score (nSPS) is 11.0. The molecule has 12 nitrogen and oxygen atoms in total. The van der Waals surface area contributed by atoms with Crippen molar-refractivity contribution in [3.63, 3.8) is 0 Å². The summed E-state index contributed by atoms with van der Waals surface area (Å²) in [6.07, 6.45) is 0.715. The lowest BCUT2D eigenvalue weighted by Crippen LogP contribution is -2.29. The van der Waals surface area contributed by atoms with E-state index in [1.807, 2.05) is 4.72 Å². The van der Waals surface area contributed by atoms with Crippen molar-refractivity contribution in [3.8, 4) is 5.75 Å². The average molecular weight is 473 g/mol. The Balaban J connectivity index is 0.000000861. The predicted octanol–water partition coefficient (Wildman–Crippen LogP) is 0.0568. The van der Waals surface area contributed by atoms with Crippen molar-refractivity contribution >= 4 is 37.9 Å². The van der Waals surface area contributed by atoms with Crippen molar-refractivity contribution in [1.29, 1.82) is 5.41 Å². The van der Waals surface area contributed by atoms with Gasteiger partial charge in [-0.2, -0.15) is 13.1 Å². The average Bonchev–Trinajstić information content (AvgIpc) is 2.65. The highest BCUT2D eigenvalue weighted by Crippen LogP contribution is 2.17. The van der Waals surface area contributed by atoms with Crippen LogP contribution in [0.15, 0.2) is 53.4 Å². The molecule has 0 aromatic heterocycles. The van der Waals surface area contributed by atoms with Crippen molar-refractivity contribution in [2.45, 2.75) is 4.90 Å². The first-order valence-electron chi connectivity index (χ1n) is 8.09. The van der Waals surface area contributed by atoms with Gasteiger partial charge in [-0.1, -0.05) is 12.1 Å². The smallest absolute Gasteiger partial charge is 0.343 e. The maximum absolute atomic E-state index is 12.1. The van der Waals surface area contributed by atoms with Gasteiger partial charge in [-0.05, 0) is 36.4 Å². The number of carboxylic acid groups (broad SMARTS) is 1. The van der Waals surface area contributed by atoms with Gasteiger partial charge in [0.2, 0.25) is 10.0 Å². The number of carboxylic acids is 1. The zero-order chi connectivity index (χ0) is 23.8. The number of nitrogens with two attached hydrogens (primary N) is 1. The summed E-state index contributed by atoms with van der Waals surface area (Å²) in [5, 5.41) is 15.8. The Labute approximate surface area is 178 Å². The minimum absolute atomic E-state index is 0.114. The Bertz CT molecular complexity index is 1150. The third-order valence-corrected chi connectivity index (χ3v) is 4.61. The Hall–Kier alpha value is -3.33. The molecule has 0 heterocycles. The van der Waals surface area contributed by atoms with E-state index in [-0.39, 0.29) is 22.0 Å². The third kappa shape index (κ3) is 9.81. The molecule has 2 aromatic carbocycles. The van der Waals surface area contributed by atoms with Crippen LogP contribution in [0, 0.1) is 5.41 Å². The minimum atomic E-state index is -3.97. The lowest BCUT2D eigenvalue weighted by Gasteiger charge is -2.07. The maximum atomic E-state index is 12.1. The van der Waals surface area contributed by atoms with Gasteiger partial charge in [0, 0.05) is 5.56 Å². The summed E-state index contributed by atoms with van der Waals surface area (Å²) in [5.41, 5.74) is 6.03. The number of benzene rings is 2. The van der Waals surface area contributed by atoms with Gasteiger partial charge in [0.15, 0.2) is 0 Å². The summed E-state index contributed by atoms with van der Waals surface area (Å²) in [6.45, 7) is -0.741. The highest BCUT2D eigenvalue weighted by molar-refractivity contribution is 7.89. The first-order valence-corrected chi connectivity index (χ1v) is 11.4. The molecule has 0 unspecified atom stereocenters. The van der Waals surface area contributed by atoms with Gasteiger partial charge >= 0.3 is 11.9 Å². The van der Waals surface area contributed by atoms with E-state index in [4.69, 9.17) is 25.5 Å². The van der Waals surface area contributed by atoms with Gasteiger partial charge < -0.3 is 15.6 Å². The fourth-order valence-electron chi connectivity index (χ4n) is 1.88. The van der Waals surface area contributed by atoms with Gasteiger partial charge in [0.05, 0.1) is 16.7 Å². The van der Waals surface area contributed by atoms with E-state index in [1.165, 1.54) is 48.5 Å². The largest absolute Gasteiger partial charge is 0.480 e. The molecule has 14 heteroatoms.